The summed E-state index contributed by atoms with van der Waals surface area (Å²) in [6.45, 7) is 3.86. The van der Waals surface area contributed by atoms with Crippen molar-refractivity contribution in [3.05, 3.63) is 52.9 Å². The number of rotatable bonds is 4. The summed E-state index contributed by atoms with van der Waals surface area (Å²) in [5, 5.41) is 7.01. The molecule has 0 saturated heterocycles. The maximum Gasteiger partial charge on any atom is 0.185 e. The third-order valence-electron chi connectivity index (χ3n) is 3.25. The van der Waals surface area contributed by atoms with Crippen LogP contribution in [-0.2, 0) is 0 Å². The molecular formula is C16H19N3O. The molecule has 0 saturated carbocycles. The van der Waals surface area contributed by atoms with E-state index in [0.717, 1.165) is 22.6 Å². The van der Waals surface area contributed by atoms with Crippen LogP contribution in [-0.4, -0.2) is 30.1 Å². The van der Waals surface area contributed by atoms with E-state index in [1.54, 1.807) is 6.08 Å². The van der Waals surface area contributed by atoms with Gasteiger partial charge in [0.1, 0.15) is 0 Å². The average Bonchev–Trinajstić information content (AvgIpc) is 2.75. The van der Waals surface area contributed by atoms with Gasteiger partial charge in [-0.3, -0.25) is 9.89 Å². The Balaban J connectivity index is 2.16. The second kappa shape index (κ2) is 5.74. The summed E-state index contributed by atoms with van der Waals surface area (Å²) in [7, 11) is 3.95. The highest BCUT2D eigenvalue weighted by atomic mass is 16.1. The first kappa shape index (κ1) is 14.1. The number of carbonyl (C=O) groups excluding carboxylic acids is 1. The second-order valence-electron chi connectivity index (χ2n) is 4.99. The van der Waals surface area contributed by atoms with Crippen molar-refractivity contribution in [2.75, 3.05) is 19.0 Å². The normalized spacial score (nSPS) is 11.0. The minimum Gasteiger partial charge on any atom is -0.378 e. The van der Waals surface area contributed by atoms with Gasteiger partial charge >= 0.3 is 0 Å². The van der Waals surface area contributed by atoms with Crippen molar-refractivity contribution in [1.29, 1.82) is 0 Å². The van der Waals surface area contributed by atoms with E-state index in [-0.39, 0.29) is 5.78 Å². The molecule has 104 valence electrons. The molecule has 4 nitrogen and oxygen atoms in total. The van der Waals surface area contributed by atoms with Gasteiger partial charge in [0.2, 0.25) is 0 Å². The van der Waals surface area contributed by atoms with Gasteiger partial charge in [-0.1, -0.05) is 0 Å². The number of H-pyrrole nitrogens is 1. The standard InChI is InChI=1S/C16H19N3O/c1-11-15(12(2)18-17-11)9-10-16(20)13-5-7-14(8-6-13)19(3)4/h5-10H,1-4H3,(H,17,18)/b10-9+. The van der Waals surface area contributed by atoms with Crippen LogP contribution < -0.4 is 4.90 Å². The summed E-state index contributed by atoms with van der Waals surface area (Å²) in [6, 6.07) is 7.57. The maximum atomic E-state index is 12.1. The van der Waals surface area contributed by atoms with Crippen LogP contribution in [0.1, 0.15) is 27.3 Å². The third-order valence-corrected chi connectivity index (χ3v) is 3.25. The topological polar surface area (TPSA) is 49.0 Å². The zero-order valence-electron chi connectivity index (χ0n) is 12.3. The number of hydrogen-bond donors (Lipinski definition) is 1. The zero-order chi connectivity index (χ0) is 14.7. The Morgan fingerprint density at radius 3 is 2.35 bits per heavy atom. The van der Waals surface area contributed by atoms with Gasteiger partial charge in [0, 0.05) is 36.6 Å². The quantitative estimate of drug-likeness (QED) is 0.685. The van der Waals surface area contributed by atoms with Crippen molar-refractivity contribution >= 4 is 17.5 Å². The van der Waals surface area contributed by atoms with Gasteiger partial charge in [-0.15, -0.1) is 0 Å². The molecule has 4 heteroatoms. The number of hydrogen-bond acceptors (Lipinski definition) is 3. The van der Waals surface area contributed by atoms with Crippen LogP contribution in [0.25, 0.3) is 6.08 Å². The molecule has 2 rings (SSSR count). The Morgan fingerprint density at radius 1 is 1.20 bits per heavy atom. The molecule has 2 aromatic rings. The largest absolute Gasteiger partial charge is 0.378 e. The van der Waals surface area contributed by atoms with E-state index in [0.29, 0.717) is 5.56 Å². The average molecular weight is 269 g/mol. The van der Waals surface area contributed by atoms with Crippen LogP contribution in [0.4, 0.5) is 5.69 Å². The van der Waals surface area contributed by atoms with Crippen LogP contribution in [0.3, 0.4) is 0 Å². The van der Waals surface area contributed by atoms with E-state index in [9.17, 15) is 4.79 Å². The van der Waals surface area contributed by atoms with Gasteiger partial charge in [-0.05, 0) is 50.3 Å². The highest BCUT2D eigenvalue weighted by Gasteiger charge is 2.05. The van der Waals surface area contributed by atoms with E-state index < -0.39 is 0 Å². The minimum absolute atomic E-state index is 0.00435. The SMILES string of the molecule is Cc1n[nH]c(C)c1/C=C/C(=O)c1ccc(N(C)C)cc1. The van der Waals surface area contributed by atoms with Crippen molar-refractivity contribution in [2.24, 2.45) is 0 Å². The number of anilines is 1. The first-order valence-corrected chi connectivity index (χ1v) is 6.50. The smallest absolute Gasteiger partial charge is 0.185 e. The monoisotopic (exact) mass is 269 g/mol. The fourth-order valence-corrected chi connectivity index (χ4v) is 1.98. The van der Waals surface area contributed by atoms with E-state index in [1.807, 2.05) is 63.2 Å². The molecule has 0 fully saturated rings. The van der Waals surface area contributed by atoms with Crippen LogP contribution in [0.2, 0.25) is 0 Å². The number of nitrogens with one attached hydrogen (secondary N) is 1. The van der Waals surface area contributed by atoms with Gasteiger partial charge in [-0.25, -0.2) is 0 Å². The van der Waals surface area contributed by atoms with Crippen LogP contribution in [0, 0.1) is 13.8 Å². The zero-order valence-corrected chi connectivity index (χ0v) is 12.3. The molecule has 1 aromatic heterocycles. The van der Waals surface area contributed by atoms with Gasteiger partial charge in [-0.2, -0.15) is 5.10 Å². The van der Waals surface area contributed by atoms with E-state index in [1.165, 1.54) is 0 Å². The summed E-state index contributed by atoms with van der Waals surface area (Å²) in [6.07, 6.45) is 3.41. The Labute approximate surface area is 119 Å². The highest BCUT2D eigenvalue weighted by Crippen LogP contribution is 2.15. The predicted octanol–water partition coefficient (Wildman–Crippen LogP) is 2.99. The van der Waals surface area contributed by atoms with E-state index >= 15 is 0 Å². The summed E-state index contributed by atoms with van der Waals surface area (Å²) < 4.78 is 0. The lowest BCUT2D eigenvalue weighted by atomic mass is 10.1. The number of allylic oxidation sites excluding steroid dienone is 1. The van der Waals surface area contributed by atoms with Crippen molar-refractivity contribution in [2.45, 2.75) is 13.8 Å². The molecular weight excluding hydrogens is 250 g/mol. The summed E-state index contributed by atoms with van der Waals surface area (Å²) >= 11 is 0. The maximum absolute atomic E-state index is 12.1. The van der Waals surface area contributed by atoms with Crippen molar-refractivity contribution in [3.8, 4) is 0 Å². The molecule has 0 aliphatic rings. The fraction of sp³-hybridized carbons (Fsp3) is 0.250. The number of nitrogens with zero attached hydrogens (tertiary/aromatic N) is 2. The summed E-state index contributed by atoms with van der Waals surface area (Å²) in [4.78, 5) is 14.1. The molecule has 0 amide bonds. The number of ketones is 1. The van der Waals surface area contributed by atoms with Gasteiger partial charge < -0.3 is 4.90 Å². The predicted molar refractivity (Wildman–Crippen MR) is 82.2 cm³/mol. The number of aromatic amines is 1. The van der Waals surface area contributed by atoms with Gasteiger partial charge in [0.25, 0.3) is 0 Å². The molecule has 0 spiro atoms. The van der Waals surface area contributed by atoms with Crippen LogP contribution in [0.5, 0.6) is 0 Å². The Kier molecular flexibility index (Phi) is 4.03. The molecule has 1 aromatic carbocycles. The Bertz CT molecular complexity index is 617. The van der Waals surface area contributed by atoms with E-state index in [4.69, 9.17) is 0 Å². The van der Waals surface area contributed by atoms with Crippen molar-refractivity contribution < 1.29 is 4.79 Å². The summed E-state index contributed by atoms with van der Waals surface area (Å²) in [5.74, 6) is -0.00435. The van der Waals surface area contributed by atoms with Gasteiger partial charge in [0.05, 0.1) is 5.69 Å². The number of aryl methyl sites for hydroxylation is 2. The molecule has 20 heavy (non-hydrogen) atoms. The lowest BCUT2D eigenvalue weighted by molar-refractivity contribution is 0.104. The van der Waals surface area contributed by atoms with E-state index in [2.05, 4.69) is 10.2 Å². The van der Waals surface area contributed by atoms with Crippen LogP contribution >= 0.6 is 0 Å². The molecule has 0 radical (unpaired) electrons. The number of aromatic nitrogens is 2. The van der Waals surface area contributed by atoms with Crippen molar-refractivity contribution in [3.63, 3.8) is 0 Å². The molecule has 0 unspecified atom stereocenters. The lowest BCUT2D eigenvalue weighted by Crippen LogP contribution is -2.08. The van der Waals surface area contributed by atoms with Crippen LogP contribution in [0.15, 0.2) is 30.3 Å². The second-order valence-corrected chi connectivity index (χ2v) is 4.99. The first-order chi connectivity index (χ1) is 9.49. The molecule has 0 atom stereocenters. The minimum atomic E-state index is -0.00435. The highest BCUT2D eigenvalue weighted by molar-refractivity contribution is 6.07. The molecule has 0 bridgehead atoms. The first-order valence-electron chi connectivity index (χ1n) is 6.50. The summed E-state index contributed by atoms with van der Waals surface area (Å²) in [5.41, 5.74) is 4.60. The third kappa shape index (κ3) is 2.96. The Morgan fingerprint density at radius 2 is 1.85 bits per heavy atom. The number of carbonyl (C=O) groups is 1. The molecule has 1 N–H and O–H groups in total. The fourth-order valence-electron chi connectivity index (χ4n) is 1.98. The van der Waals surface area contributed by atoms with Gasteiger partial charge in [0.15, 0.2) is 5.78 Å². The molecule has 0 aliphatic carbocycles. The molecule has 0 aliphatic heterocycles. The van der Waals surface area contributed by atoms with Crippen molar-refractivity contribution in [1.82, 2.24) is 10.2 Å². The lowest BCUT2D eigenvalue weighted by Gasteiger charge is -2.11. The molecule has 1 heterocycles. The Hall–Kier alpha value is -2.36. The number of benzene rings is 1.